The number of aryl methyl sites for hydroxylation is 1. The van der Waals surface area contributed by atoms with Gasteiger partial charge in [-0.05, 0) is 61.1 Å². The van der Waals surface area contributed by atoms with Gasteiger partial charge in [-0.1, -0.05) is 38.8 Å². The molecule has 212 valence electrons. The van der Waals surface area contributed by atoms with Crippen molar-refractivity contribution in [1.82, 2.24) is 0 Å². The first-order valence-electron chi connectivity index (χ1n) is 13.9. The Morgan fingerprint density at radius 2 is 1.21 bits per heavy atom. The topological polar surface area (TPSA) is 95.8 Å². The Kier molecular flexibility index (Phi) is 13.5. The first-order valence-corrected chi connectivity index (χ1v) is 13.9. The molecule has 0 saturated heterocycles. The van der Waals surface area contributed by atoms with Crippen LogP contribution < -0.4 is 18.9 Å². The third-order valence-corrected chi connectivity index (χ3v) is 6.37. The van der Waals surface area contributed by atoms with Crippen LogP contribution in [0.25, 0.3) is 0 Å². The molecule has 0 bridgehead atoms. The van der Waals surface area contributed by atoms with Gasteiger partial charge in [0, 0.05) is 0 Å². The fourth-order valence-corrected chi connectivity index (χ4v) is 4.05. The Labute approximate surface area is 226 Å². The molecule has 8 nitrogen and oxygen atoms in total. The molecule has 3 rings (SSSR count). The van der Waals surface area contributed by atoms with Gasteiger partial charge in [0.25, 0.3) is 0 Å². The molecule has 0 aromatic heterocycles. The molecule has 2 atom stereocenters. The third kappa shape index (κ3) is 10.3. The number of aliphatic hydroxyl groups excluding tert-OH is 2. The summed E-state index contributed by atoms with van der Waals surface area (Å²) >= 11 is 0. The lowest BCUT2D eigenvalue weighted by atomic mass is 10.0. The van der Waals surface area contributed by atoms with Crippen LogP contribution in [-0.4, -0.2) is 69.2 Å². The number of rotatable bonds is 8. The molecule has 0 saturated carbocycles. The van der Waals surface area contributed by atoms with Gasteiger partial charge in [-0.2, -0.15) is 0 Å². The SMILES string of the molecule is CCCC[C@H](O)c1ccc2c(c1)OCCOCCOc1cc(CC[C@H](O)CC)ccc1OCCOCCO2. The van der Waals surface area contributed by atoms with Crippen LogP contribution in [0.1, 0.15) is 63.2 Å². The van der Waals surface area contributed by atoms with Crippen LogP contribution in [0.4, 0.5) is 0 Å². The van der Waals surface area contributed by atoms with E-state index in [9.17, 15) is 10.2 Å². The second-order valence-electron chi connectivity index (χ2n) is 9.36. The number of benzene rings is 2. The zero-order chi connectivity index (χ0) is 27.0. The number of hydrogen-bond acceptors (Lipinski definition) is 8. The van der Waals surface area contributed by atoms with Crippen molar-refractivity contribution in [3.63, 3.8) is 0 Å². The fourth-order valence-electron chi connectivity index (χ4n) is 4.05. The number of hydrogen-bond donors (Lipinski definition) is 2. The summed E-state index contributed by atoms with van der Waals surface area (Å²) < 4.78 is 35.2. The van der Waals surface area contributed by atoms with Gasteiger partial charge in [0.2, 0.25) is 0 Å². The van der Waals surface area contributed by atoms with Crippen LogP contribution in [0.15, 0.2) is 36.4 Å². The lowest BCUT2D eigenvalue weighted by Gasteiger charge is -2.18. The van der Waals surface area contributed by atoms with E-state index in [0.29, 0.717) is 88.7 Å². The van der Waals surface area contributed by atoms with E-state index < -0.39 is 6.10 Å². The summed E-state index contributed by atoms with van der Waals surface area (Å²) in [6.45, 7) is 7.10. The van der Waals surface area contributed by atoms with Gasteiger partial charge in [0.05, 0.1) is 38.6 Å². The van der Waals surface area contributed by atoms with E-state index in [1.54, 1.807) is 0 Å². The summed E-state index contributed by atoms with van der Waals surface area (Å²) in [6, 6.07) is 11.4. The monoisotopic (exact) mass is 532 g/mol. The van der Waals surface area contributed by atoms with Crippen LogP contribution >= 0.6 is 0 Å². The average molecular weight is 533 g/mol. The predicted octanol–water partition coefficient (Wildman–Crippen LogP) is 4.88. The molecule has 0 aliphatic carbocycles. The van der Waals surface area contributed by atoms with Gasteiger partial charge in [-0.25, -0.2) is 0 Å². The van der Waals surface area contributed by atoms with Crippen molar-refractivity contribution in [3.8, 4) is 23.0 Å². The maximum atomic E-state index is 10.5. The van der Waals surface area contributed by atoms with E-state index in [2.05, 4.69) is 6.92 Å². The van der Waals surface area contributed by atoms with E-state index in [-0.39, 0.29) is 6.10 Å². The molecule has 2 aromatic carbocycles. The lowest BCUT2D eigenvalue weighted by Crippen LogP contribution is -2.15. The number of fused-ring (bicyclic) bond motifs is 2. The van der Waals surface area contributed by atoms with Crippen molar-refractivity contribution in [2.75, 3.05) is 52.9 Å². The zero-order valence-electron chi connectivity index (χ0n) is 22.9. The molecule has 8 heteroatoms. The van der Waals surface area contributed by atoms with Crippen LogP contribution in [0, 0.1) is 0 Å². The Hall–Kier alpha value is -2.52. The smallest absolute Gasteiger partial charge is 0.161 e. The van der Waals surface area contributed by atoms with Gasteiger partial charge in [-0.15, -0.1) is 0 Å². The molecule has 0 spiro atoms. The molecular formula is C30H44O8. The maximum Gasteiger partial charge on any atom is 0.161 e. The van der Waals surface area contributed by atoms with Crippen LogP contribution in [0.3, 0.4) is 0 Å². The van der Waals surface area contributed by atoms with Crippen molar-refractivity contribution in [2.45, 2.75) is 64.6 Å². The highest BCUT2D eigenvalue weighted by atomic mass is 16.6. The minimum atomic E-state index is -0.534. The Bertz CT molecular complexity index is 934. The summed E-state index contributed by atoms with van der Waals surface area (Å²) in [5, 5.41) is 20.4. The standard InChI is InChI=1S/C30H44O8/c1-3-5-6-26(32)24-9-12-28-30(22-24)38-20-16-34-15-19-37-29-21-23(7-10-25(31)4-2)8-11-27(29)35-17-13-33-14-18-36-28/h8-9,11-12,21-22,25-26,31-32H,3-7,10,13-20H2,1-2H3/t25-,26+/m1/s1. The van der Waals surface area contributed by atoms with Crippen molar-refractivity contribution < 1.29 is 38.6 Å². The van der Waals surface area contributed by atoms with Crippen LogP contribution in [0.2, 0.25) is 0 Å². The van der Waals surface area contributed by atoms with E-state index in [0.717, 1.165) is 36.8 Å². The Morgan fingerprint density at radius 1 is 0.658 bits per heavy atom. The van der Waals surface area contributed by atoms with Crippen molar-refractivity contribution >= 4 is 0 Å². The minimum Gasteiger partial charge on any atom is -0.487 e. The minimum absolute atomic E-state index is 0.302. The van der Waals surface area contributed by atoms with Gasteiger partial charge in [-0.3, -0.25) is 0 Å². The summed E-state index contributed by atoms with van der Waals surface area (Å²) in [5.74, 6) is 2.50. The molecule has 0 amide bonds. The lowest BCUT2D eigenvalue weighted by molar-refractivity contribution is 0.0638. The maximum absolute atomic E-state index is 10.5. The molecule has 2 N–H and O–H groups in total. The molecular weight excluding hydrogens is 488 g/mol. The number of ether oxygens (including phenoxy) is 6. The van der Waals surface area contributed by atoms with E-state index in [4.69, 9.17) is 28.4 Å². The fraction of sp³-hybridized carbons (Fsp3) is 0.600. The Balaban J connectivity index is 1.60. The highest BCUT2D eigenvalue weighted by molar-refractivity contribution is 5.44. The summed E-state index contributed by atoms with van der Waals surface area (Å²) in [4.78, 5) is 0. The molecule has 2 aromatic rings. The highest BCUT2D eigenvalue weighted by Gasteiger charge is 2.14. The highest BCUT2D eigenvalue weighted by Crippen LogP contribution is 2.32. The quantitative estimate of drug-likeness (QED) is 0.497. The van der Waals surface area contributed by atoms with Crippen molar-refractivity contribution in [3.05, 3.63) is 47.5 Å². The van der Waals surface area contributed by atoms with Gasteiger partial charge < -0.3 is 38.6 Å². The van der Waals surface area contributed by atoms with Crippen molar-refractivity contribution in [1.29, 1.82) is 0 Å². The zero-order valence-corrected chi connectivity index (χ0v) is 22.9. The molecule has 0 fully saturated rings. The van der Waals surface area contributed by atoms with Gasteiger partial charge in [0.15, 0.2) is 23.0 Å². The normalized spacial score (nSPS) is 17.2. The average Bonchev–Trinajstić information content (AvgIpc) is 2.94. The Morgan fingerprint density at radius 3 is 1.79 bits per heavy atom. The van der Waals surface area contributed by atoms with E-state index >= 15 is 0 Å². The second-order valence-corrected chi connectivity index (χ2v) is 9.36. The largest absolute Gasteiger partial charge is 0.487 e. The summed E-state index contributed by atoms with van der Waals surface area (Å²) in [6.07, 6.45) is 4.07. The summed E-state index contributed by atoms with van der Waals surface area (Å²) in [5.41, 5.74) is 1.90. The predicted molar refractivity (Wildman–Crippen MR) is 146 cm³/mol. The second kappa shape index (κ2) is 17.1. The molecule has 38 heavy (non-hydrogen) atoms. The first kappa shape index (κ1) is 30.0. The van der Waals surface area contributed by atoms with E-state index in [1.807, 2.05) is 43.3 Å². The molecule has 1 aliphatic heterocycles. The van der Waals surface area contributed by atoms with Crippen molar-refractivity contribution in [2.24, 2.45) is 0 Å². The number of unbranched alkanes of at least 4 members (excludes halogenated alkanes) is 1. The summed E-state index contributed by atoms with van der Waals surface area (Å²) in [7, 11) is 0. The molecule has 1 heterocycles. The van der Waals surface area contributed by atoms with Gasteiger partial charge >= 0.3 is 0 Å². The molecule has 1 aliphatic rings. The third-order valence-electron chi connectivity index (χ3n) is 6.37. The number of aliphatic hydroxyl groups is 2. The van der Waals surface area contributed by atoms with Crippen LogP contribution in [-0.2, 0) is 15.9 Å². The van der Waals surface area contributed by atoms with E-state index in [1.165, 1.54) is 0 Å². The molecule has 0 radical (unpaired) electrons. The molecule has 0 unspecified atom stereocenters. The van der Waals surface area contributed by atoms with Crippen LogP contribution in [0.5, 0.6) is 23.0 Å². The van der Waals surface area contributed by atoms with Gasteiger partial charge in [0.1, 0.15) is 26.4 Å². The first-order chi connectivity index (χ1) is 18.6.